The molecule has 6 nitrogen and oxygen atoms in total. The molecule has 94 valence electrons. The summed E-state index contributed by atoms with van der Waals surface area (Å²) in [6, 6.07) is 1.19. The van der Waals surface area contributed by atoms with Crippen LogP contribution in [0.1, 0.15) is 30.0 Å². The predicted octanol–water partition coefficient (Wildman–Crippen LogP) is 0.592. The van der Waals surface area contributed by atoms with Crippen LogP contribution in [-0.4, -0.2) is 29.6 Å². The maximum absolute atomic E-state index is 11.4. The Labute approximate surface area is 99.0 Å². The zero-order valence-electron chi connectivity index (χ0n) is 9.82. The van der Waals surface area contributed by atoms with E-state index in [1.54, 1.807) is 13.0 Å². The van der Waals surface area contributed by atoms with Crippen LogP contribution >= 0.6 is 0 Å². The van der Waals surface area contributed by atoms with Crippen LogP contribution in [0.5, 0.6) is 0 Å². The van der Waals surface area contributed by atoms with Crippen molar-refractivity contribution in [1.29, 1.82) is 0 Å². The Morgan fingerprint density at radius 2 is 2.24 bits per heavy atom. The van der Waals surface area contributed by atoms with Gasteiger partial charge in [-0.25, -0.2) is 4.79 Å². The lowest BCUT2D eigenvalue weighted by atomic mass is 10.2. The van der Waals surface area contributed by atoms with Gasteiger partial charge in [0.25, 0.3) is 0 Å². The summed E-state index contributed by atoms with van der Waals surface area (Å²) in [5.74, 6) is -1.33. The third-order valence-electron chi connectivity index (χ3n) is 2.28. The molecule has 6 heteroatoms. The number of nitrogens with one attached hydrogen (secondary N) is 2. The van der Waals surface area contributed by atoms with E-state index in [0.29, 0.717) is 12.1 Å². The van der Waals surface area contributed by atoms with Crippen LogP contribution in [0.15, 0.2) is 16.7 Å². The SMILES string of the molecule is CCNC(=O)C(C)NCc1ccoc1C(=O)O. The molecule has 1 atom stereocenters. The maximum atomic E-state index is 11.4. The maximum Gasteiger partial charge on any atom is 0.372 e. The molecule has 0 spiro atoms. The predicted molar refractivity (Wildman–Crippen MR) is 60.7 cm³/mol. The largest absolute Gasteiger partial charge is 0.475 e. The van der Waals surface area contributed by atoms with Crippen molar-refractivity contribution in [1.82, 2.24) is 10.6 Å². The topological polar surface area (TPSA) is 91.6 Å². The van der Waals surface area contributed by atoms with Crippen molar-refractivity contribution in [2.24, 2.45) is 0 Å². The second-order valence-corrected chi connectivity index (χ2v) is 3.58. The summed E-state index contributed by atoms with van der Waals surface area (Å²) in [6.07, 6.45) is 1.32. The Hall–Kier alpha value is -1.82. The van der Waals surface area contributed by atoms with Gasteiger partial charge in [0, 0.05) is 18.7 Å². The van der Waals surface area contributed by atoms with Crippen LogP contribution in [0, 0.1) is 0 Å². The number of hydrogen-bond acceptors (Lipinski definition) is 4. The van der Waals surface area contributed by atoms with Gasteiger partial charge in [0.2, 0.25) is 11.7 Å². The summed E-state index contributed by atoms with van der Waals surface area (Å²) in [6.45, 7) is 4.39. The van der Waals surface area contributed by atoms with Gasteiger partial charge in [0.05, 0.1) is 12.3 Å². The fourth-order valence-corrected chi connectivity index (χ4v) is 1.35. The number of rotatable bonds is 6. The first-order valence-electron chi connectivity index (χ1n) is 5.37. The van der Waals surface area contributed by atoms with E-state index in [2.05, 4.69) is 10.6 Å². The van der Waals surface area contributed by atoms with E-state index in [-0.39, 0.29) is 24.3 Å². The molecule has 1 heterocycles. The molecule has 0 radical (unpaired) electrons. The van der Waals surface area contributed by atoms with Crippen molar-refractivity contribution in [3.05, 3.63) is 23.7 Å². The second kappa shape index (κ2) is 6.05. The molecule has 17 heavy (non-hydrogen) atoms. The van der Waals surface area contributed by atoms with Crippen molar-refractivity contribution >= 4 is 11.9 Å². The van der Waals surface area contributed by atoms with E-state index in [9.17, 15) is 9.59 Å². The molecular weight excluding hydrogens is 224 g/mol. The smallest absolute Gasteiger partial charge is 0.372 e. The van der Waals surface area contributed by atoms with E-state index in [1.165, 1.54) is 6.26 Å². The number of carboxylic acid groups (broad SMARTS) is 1. The van der Waals surface area contributed by atoms with E-state index >= 15 is 0 Å². The number of aromatic carboxylic acids is 1. The highest BCUT2D eigenvalue weighted by molar-refractivity contribution is 5.86. The van der Waals surface area contributed by atoms with Crippen molar-refractivity contribution in [3.8, 4) is 0 Å². The lowest BCUT2D eigenvalue weighted by molar-refractivity contribution is -0.122. The number of furan rings is 1. The average Bonchev–Trinajstić information content (AvgIpc) is 2.74. The van der Waals surface area contributed by atoms with Gasteiger partial charge in [0.15, 0.2) is 0 Å². The number of carbonyl (C=O) groups excluding carboxylic acids is 1. The van der Waals surface area contributed by atoms with E-state index < -0.39 is 5.97 Å². The average molecular weight is 240 g/mol. The fraction of sp³-hybridized carbons (Fsp3) is 0.455. The van der Waals surface area contributed by atoms with Gasteiger partial charge in [-0.2, -0.15) is 0 Å². The molecule has 0 aromatic carbocycles. The molecule has 0 aliphatic rings. The zero-order valence-corrected chi connectivity index (χ0v) is 9.82. The molecule has 1 amide bonds. The first kappa shape index (κ1) is 13.2. The van der Waals surface area contributed by atoms with Crippen molar-refractivity contribution < 1.29 is 19.1 Å². The van der Waals surface area contributed by atoms with Gasteiger partial charge in [-0.1, -0.05) is 0 Å². The highest BCUT2D eigenvalue weighted by Gasteiger charge is 2.16. The van der Waals surface area contributed by atoms with Gasteiger partial charge in [-0.3, -0.25) is 4.79 Å². The summed E-state index contributed by atoms with van der Waals surface area (Å²) in [7, 11) is 0. The fourth-order valence-electron chi connectivity index (χ4n) is 1.35. The minimum absolute atomic E-state index is 0.0967. The van der Waals surface area contributed by atoms with E-state index in [4.69, 9.17) is 9.52 Å². The number of hydrogen-bond donors (Lipinski definition) is 3. The highest BCUT2D eigenvalue weighted by atomic mass is 16.4. The highest BCUT2D eigenvalue weighted by Crippen LogP contribution is 2.10. The summed E-state index contributed by atoms with van der Waals surface area (Å²) in [4.78, 5) is 22.2. The van der Waals surface area contributed by atoms with Crippen molar-refractivity contribution in [3.63, 3.8) is 0 Å². The Morgan fingerprint density at radius 3 is 2.82 bits per heavy atom. The molecule has 1 rings (SSSR count). The summed E-state index contributed by atoms with van der Waals surface area (Å²) in [5.41, 5.74) is 0.522. The van der Waals surface area contributed by atoms with Gasteiger partial charge >= 0.3 is 5.97 Å². The van der Waals surface area contributed by atoms with Crippen LogP contribution in [-0.2, 0) is 11.3 Å². The third-order valence-corrected chi connectivity index (χ3v) is 2.28. The van der Waals surface area contributed by atoms with Gasteiger partial charge in [0.1, 0.15) is 0 Å². The first-order chi connectivity index (χ1) is 8.06. The quantitative estimate of drug-likeness (QED) is 0.677. The first-order valence-corrected chi connectivity index (χ1v) is 5.37. The summed E-state index contributed by atoms with van der Waals surface area (Å²) in [5, 5.41) is 14.4. The number of likely N-dealkylation sites (N-methyl/N-ethyl adjacent to an activating group) is 1. The van der Waals surface area contributed by atoms with Crippen LogP contribution in [0.2, 0.25) is 0 Å². The second-order valence-electron chi connectivity index (χ2n) is 3.58. The molecule has 0 saturated carbocycles. The lowest BCUT2D eigenvalue weighted by Gasteiger charge is -2.12. The molecular formula is C11H16N2O4. The molecule has 1 unspecified atom stereocenters. The Balaban J connectivity index is 2.52. The summed E-state index contributed by atoms with van der Waals surface area (Å²) < 4.78 is 4.83. The van der Waals surface area contributed by atoms with Gasteiger partial charge in [-0.05, 0) is 19.9 Å². The molecule has 3 N–H and O–H groups in total. The molecule has 1 aromatic rings. The zero-order chi connectivity index (χ0) is 12.8. The van der Waals surface area contributed by atoms with Gasteiger partial charge < -0.3 is 20.2 Å². The van der Waals surface area contributed by atoms with Crippen LogP contribution in [0.25, 0.3) is 0 Å². The number of amides is 1. The molecule has 0 fully saturated rings. The lowest BCUT2D eigenvalue weighted by Crippen LogP contribution is -2.41. The Morgan fingerprint density at radius 1 is 1.53 bits per heavy atom. The Bertz CT molecular complexity index is 400. The third kappa shape index (κ3) is 3.60. The minimum atomic E-state index is -1.11. The van der Waals surface area contributed by atoms with Crippen molar-refractivity contribution in [2.75, 3.05) is 6.54 Å². The monoisotopic (exact) mass is 240 g/mol. The molecule has 0 aliphatic heterocycles. The van der Waals surface area contributed by atoms with Gasteiger partial charge in [-0.15, -0.1) is 0 Å². The Kier molecular flexibility index (Phi) is 4.71. The van der Waals surface area contributed by atoms with E-state index in [1.807, 2.05) is 6.92 Å². The molecule has 0 saturated heterocycles. The van der Waals surface area contributed by atoms with E-state index in [0.717, 1.165) is 0 Å². The summed E-state index contributed by atoms with van der Waals surface area (Å²) >= 11 is 0. The molecule has 0 aliphatic carbocycles. The molecule has 0 bridgehead atoms. The van der Waals surface area contributed by atoms with Crippen LogP contribution in [0.4, 0.5) is 0 Å². The van der Waals surface area contributed by atoms with Crippen molar-refractivity contribution in [2.45, 2.75) is 26.4 Å². The normalized spacial score (nSPS) is 12.1. The van der Waals surface area contributed by atoms with Crippen LogP contribution in [0.3, 0.4) is 0 Å². The molecule has 1 aromatic heterocycles. The standard InChI is InChI=1S/C11H16N2O4/c1-3-12-10(14)7(2)13-6-8-4-5-17-9(8)11(15)16/h4-5,7,13H,3,6H2,1-2H3,(H,12,14)(H,15,16). The minimum Gasteiger partial charge on any atom is -0.475 e. The number of carbonyl (C=O) groups is 2. The number of carboxylic acids is 1. The van der Waals surface area contributed by atoms with Crippen LogP contribution < -0.4 is 10.6 Å².